The third-order valence-corrected chi connectivity index (χ3v) is 3.90. The third-order valence-electron chi connectivity index (χ3n) is 3.90. The second-order valence-electron chi connectivity index (χ2n) is 6.17. The van der Waals surface area contributed by atoms with Crippen molar-refractivity contribution in [1.82, 2.24) is 9.80 Å². The summed E-state index contributed by atoms with van der Waals surface area (Å²) in [7, 11) is 0. The number of piperazine rings is 1. The third kappa shape index (κ3) is 3.37. The lowest BCUT2D eigenvalue weighted by Gasteiger charge is -2.43. The maximum atomic E-state index is 5.75. The minimum Gasteiger partial charge on any atom is -0.296 e. The molecule has 1 saturated heterocycles. The molecule has 0 aliphatic carbocycles. The molecule has 1 heterocycles. The zero-order chi connectivity index (χ0) is 13.9. The van der Waals surface area contributed by atoms with Crippen molar-refractivity contribution in [3.8, 4) is 12.3 Å². The Hall–Kier alpha value is -1.30. The molecule has 0 radical (unpaired) electrons. The molecule has 2 nitrogen and oxygen atoms in total. The van der Waals surface area contributed by atoms with E-state index < -0.39 is 0 Å². The molecule has 1 aromatic carbocycles. The summed E-state index contributed by atoms with van der Waals surface area (Å²) < 4.78 is 0. The summed E-state index contributed by atoms with van der Waals surface area (Å²) in [6, 6.07) is 10.5. The Morgan fingerprint density at radius 1 is 1.05 bits per heavy atom. The highest BCUT2D eigenvalue weighted by molar-refractivity contribution is 5.26. The van der Waals surface area contributed by atoms with Gasteiger partial charge in [0.2, 0.25) is 0 Å². The molecule has 0 saturated carbocycles. The Balaban J connectivity index is 2.03. The molecular weight excluding hydrogens is 232 g/mol. The van der Waals surface area contributed by atoms with Gasteiger partial charge in [0.15, 0.2) is 0 Å². The summed E-state index contributed by atoms with van der Waals surface area (Å²) in [5.41, 5.74) is 1.49. The van der Waals surface area contributed by atoms with Gasteiger partial charge in [-0.05, 0) is 26.3 Å². The molecule has 1 fully saturated rings. The van der Waals surface area contributed by atoms with Gasteiger partial charge in [-0.1, -0.05) is 36.3 Å². The van der Waals surface area contributed by atoms with Gasteiger partial charge in [0, 0.05) is 31.7 Å². The Labute approximate surface area is 117 Å². The SMILES string of the molecule is C#CC(c1ccccc1)N1CCN(C(C)(C)C)CC1. The van der Waals surface area contributed by atoms with Crippen LogP contribution in [0.1, 0.15) is 32.4 Å². The summed E-state index contributed by atoms with van der Waals surface area (Å²) in [6.45, 7) is 11.1. The Morgan fingerprint density at radius 3 is 2.11 bits per heavy atom. The van der Waals surface area contributed by atoms with Crippen LogP contribution in [0.5, 0.6) is 0 Å². The minimum absolute atomic E-state index is 0.114. The molecular formula is C17H24N2. The Kier molecular flexibility index (Phi) is 4.29. The highest BCUT2D eigenvalue weighted by atomic mass is 15.3. The lowest BCUT2D eigenvalue weighted by molar-refractivity contribution is 0.0523. The first kappa shape index (κ1) is 14.1. The van der Waals surface area contributed by atoms with Gasteiger partial charge in [0.05, 0.1) is 6.04 Å². The molecule has 1 unspecified atom stereocenters. The predicted molar refractivity (Wildman–Crippen MR) is 80.9 cm³/mol. The molecule has 102 valence electrons. The quantitative estimate of drug-likeness (QED) is 0.751. The van der Waals surface area contributed by atoms with Crippen LogP contribution in [0.3, 0.4) is 0 Å². The van der Waals surface area contributed by atoms with Crippen molar-refractivity contribution in [3.05, 3.63) is 35.9 Å². The normalized spacial score (nSPS) is 19.9. The fraction of sp³-hybridized carbons (Fsp3) is 0.529. The molecule has 0 spiro atoms. The second-order valence-corrected chi connectivity index (χ2v) is 6.17. The number of terminal acetylenes is 1. The molecule has 2 rings (SSSR count). The fourth-order valence-corrected chi connectivity index (χ4v) is 2.70. The van der Waals surface area contributed by atoms with Crippen molar-refractivity contribution < 1.29 is 0 Å². The van der Waals surface area contributed by atoms with Crippen molar-refractivity contribution in [3.63, 3.8) is 0 Å². The molecule has 0 bridgehead atoms. The zero-order valence-electron chi connectivity index (χ0n) is 12.3. The molecule has 19 heavy (non-hydrogen) atoms. The fourth-order valence-electron chi connectivity index (χ4n) is 2.70. The molecule has 0 N–H and O–H groups in total. The van der Waals surface area contributed by atoms with Crippen LogP contribution in [0.4, 0.5) is 0 Å². The maximum Gasteiger partial charge on any atom is 0.0969 e. The summed E-state index contributed by atoms with van der Waals surface area (Å²) in [6.07, 6.45) is 5.75. The average molecular weight is 256 g/mol. The first-order valence-corrected chi connectivity index (χ1v) is 7.02. The largest absolute Gasteiger partial charge is 0.296 e. The maximum absolute atomic E-state index is 5.75. The van der Waals surface area contributed by atoms with E-state index in [1.54, 1.807) is 0 Å². The lowest BCUT2D eigenvalue weighted by Crippen LogP contribution is -2.53. The first-order valence-electron chi connectivity index (χ1n) is 7.02. The van der Waals surface area contributed by atoms with Crippen LogP contribution < -0.4 is 0 Å². The van der Waals surface area contributed by atoms with Crippen molar-refractivity contribution in [2.45, 2.75) is 32.4 Å². The van der Waals surface area contributed by atoms with Crippen molar-refractivity contribution in [2.75, 3.05) is 26.2 Å². The highest BCUT2D eigenvalue weighted by Crippen LogP contribution is 2.23. The molecule has 0 aromatic heterocycles. The molecule has 2 heteroatoms. The summed E-state index contributed by atoms with van der Waals surface area (Å²) in [5, 5.41) is 0. The van der Waals surface area contributed by atoms with Crippen molar-refractivity contribution in [2.24, 2.45) is 0 Å². The monoisotopic (exact) mass is 256 g/mol. The van der Waals surface area contributed by atoms with Crippen LogP contribution in [0, 0.1) is 12.3 Å². The zero-order valence-corrected chi connectivity index (χ0v) is 12.3. The van der Waals surface area contributed by atoms with Gasteiger partial charge < -0.3 is 0 Å². The summed E-state index contributed by atoms with van der Waals surface area (Å²) in [5.74, 6) is 2.95. The van der Waals surface area contributed by atoms with Gasteiger partial charge in [-0.25, -0.2) is 0 Å². The Morgan fingerprint density at radius 2 is 1.63 bits per heavy atom. The summed E-state index contributed by atoms with van der Waals surface area (Å²) >= 11 is 0. The van der Waals surface area contributed by atoms with Crippen LogP contribution in [-0.4, -0.2) is 41.5 Å². The van der Waals surface area contributed by atoms with Crippen LogP contribution >= 0.6 is 0 Å². The molecule has 0 amide bonds. The van der Waals surface area contributed by atoms with E-state index >= 15 is 0 Å². The van der Waals surface area contributed by atoms with Crippen LogP contribution in [0.2, 0.25) is 0 Å². The van der Waals surface area contributed by atoms with Gasteiger partial charge >= 0.3 is 0 Å². The topological polar surface area (TPSA) is 6.48 Å². The predicted octanol–water partition coefficient (Wildman–Crippen LogP) is 2.78. The number of hydrogen-bond donors (Lipinski definition) is 0. The summed E-state index contributed by atoms with van der Waals surface area (Å²) in [4.78, 5) is 4.94. The standard InChI is InChI=1S/C17H24N2/c1-5-16(15-9-7-6-8-10-15)18-11-13-19(14-12-18)17(2,3)4/h1,6-10,16H,11-14H2,2-4H3. The molecule has 1 atom stereocenters. The molecule has 1 aromatic rings. The van der Waals surface area contributed by atoms with Crippen LogP contribution in [0.15, 0.2) is 30.3 Å². The van der Waals surface area contributed by atoms with Gasteiger partial charge in [0.25, 0.3) is 0 Å². The van der Waals surface area contributed by atoms with E-state index in [9.17, 15) is 0 Å². The van der Waals surface area contributed by atoms with Crippen LogP contribution in [-0.2, 0) is 0 Å². The molecule has 1 aliphatic heterocycles. The smallest absolute Gasteiger partial charge is 0.0969 e. The number of hydrogen-bond acceptors (Lipinski definition) is 2. The van der Waals surface area contributed by atoms with Gasteiger partial charge in [-0.3, -0.25) is 9.80 Å². The van der Waals surface area contributed by atoms with E-state index in [1.807, 2.05) is 6.07 Å². The van der Waals surface area contributed by atoms with Crippen molar-refractivity contribution >= 4 is 0 Å². The highest BCUT2D eigenvalue weighted by Gasteiger charge is 2.28. The van der Waals surface area contributed by atoms with E-state index in [-0.39, 0.29) is 11.6 Å². The first-order chi connectivity index (χ1) is 9.02. The van der Waals surface area contributed by atoms with Gasteiger partial charge in [-0.2, -0.15) is 0 Å². The number of rotatable bonds is 2. The number of nitrogens with zero attached hydrogens (tertiary/aromatic N) is 2. The van der Waals surface area contributed by atoms with Crippen LogP contribution in [0.25, 0.3) is 0 Å². The van der Waals surface area contributed by atoms with Crippen molar-refractivity contribution in [1.29, 1.82) is 0 Å². The van der Waals surface area contributed by atoms with Gasteiger partial charge in [-0.15, -0.1) is 6.42 Å². The van der Waals surface area contributed by atoms with E-state index in [0.29, 0.717) is 0 Å². The minimum atomic E-state index is 0.114. The van der Waals surface area contributed by atoms with Gasteiger partial charge in [0.1, 0.15) is 0 Å². The van der Waals surface area contributed by atoms with E-state index in [0.717, 1.165) is 26.2 Å². The second kappa shape index (κ2) is 5.77. The number of benzene rings is 1. The average Bonchev–Trinajstić information content (AvgIpc) is 2.40. The lowest BCUT2D eigenvalue weighted by atomic mass is 10.0. The van der Waals surface area contributed by atoms with E-state index in [2.05, 4.69) is 60.8 Å². The Bertz CT molecular complexity index is 431. The van der Waals surface area contributed by atoms with E-state index in [4.69, 9.17) is 6.42 Å². The van der Waals surface area contributed by atoms with E-state index in [1.165, 1.54) is 5.56 Å². The molecule has 1 aliphatic rings.